The predicted octanol–water partition coefficient (Wildman–Crippen LogP) is 4.51. The molecule has 4 rings (SSSR count). The Balaban J connectivity index is 2.09. The van der Waals surface area contributed by atoms with Crippen molar-refractivity contribution in [2.24, 2.45) is 5.73 Å². The smallest absolute Gasteiger partial charge is 0.338 e. The first-order valence-electron chi connectivity index (χ1n) is 10.1. The maximum atomic E-state index is 13.4. The number of allylic oxidation sites excluding steroid dienone is 1. The maximum absolute atomic E-state index is 13.4. The number of benzene rings is 2. The number of thiazole rings is 1. The lowest BCUT2D eigenvalue weighted by Gasteiger charge is -2.25. The van der Waals surface area contributed by atoms with Gasteiger partial charge < -0.3 is 10.5 Å². The van der Waals surface area contributed by atoms with Crippen LogP contribution in [-0.2, 0) is 9.53 Å². The molecule has 0 aliphatic carbocycles. The summed E-state index contributed by atoms with van der Waals surface area (Å²) in [4.78, 5) is 26.5. The van der Waals surface area contributed by atoms with Gasteiger partial charge in [0.2, 0.25) is 0 Å². The molecule has 0 spiro atoms. The first-order valence-corrected chi connectivity index (χ1v) is 12.5. The second kappa shape index (κ2) is 10.1. The predicted molar refractivity (Wildman–Crippen MR) is 140 cm³/mol. The molecule has 11 heteroatoms. The molecule has 0 radical (unpaired) electrons. The van der Waals surface area contributed by atoms with Crippen LogP contribution in [0, 0.1) is 11.3 Å². The molecule has 2 N–H and O–H groups in total. The van der Waals surface area contributed by atoms with Crippen LogP contribution in [0.3, 0.4) is 0 Å². The van der Waals surface area contributed by atoms with Crippen LogP contribution < -0.4 is 20.5 Å². The van der Waals surface area contributed by atoms with E-state index in [0.29, 0.717) is 26.2 Å². The Hall–Kier alpha value is -2.73. The molecule has 178 valence electrons. The minimum absolute atomic E-state index is 0.0138. The van der Waals surface area contributed by atoms with Crippen molar-refractivity contribution < 1.29 is 9.53 Å². The minimum Gasteiger partial charge on any atom is -0.463 e. The quantitative estimate of drug-likeness (QED) is 0.468. The summed E-state index contributed by atoms with van der Waals surface area (Å²) in [6.45, 7) is 1.76. The van der Waals surface area contributed by atoms with E-state index in [2.05, 4.69) is 6.07 Å². The molecular weight excluding hydrogens is 552 g/mol. The van der Waals surface area contributed by atoms with E-state index in [0.717, 1.165) is 15.9 Å². The molecule has 0 fully saturated rings. The number of carbonyl (C=O) groups is 1. The van der Waals surface area contributed by atoms with Crippen molar-refractivity contribution in [1.82, 2.24) is 4.57 Å². The molecule has 1 aliphatic rings. The Labute approximate surface area is 223 Å². The number of carbonyl (C=O) groups excluding carboxylic acids is 1. The van der Waals surface area contributed by atoms with Crippen molar-refractivity contribution in [2.75, 3.05) is 6.61 Å². The van der Waals surface area contributed by atoms with Gasteiger partial charge in [0.05, 0.1) is 54.4 Å². The average Bonchev–Trinajstić information content (AvgIpc) is 3.14. The van der Waals surface area contributed by atoms with Crippen LogP contribution in [0.25, 0.3) is 17.5 Å². The number of hydrogen-bond acceptors (Lipinski definition) is 6. The van der Waals surface area contributed by atoms with Crippen molar-refractivity contribution in [3.63, 3.8) is 0 Å². The summed E-state index contributed by atoms with van der Waals surface area (Å²) in [6.07, 6.45) is 1.61. The lowest BCUT2D eigenvalue weighted by molar-refractivity contribution is -0.136. The fourth-order valence-electron chi connectivity index (χ4n) is 3.73. The third-order valence-corrected chi connectivity index (χ3v) is 7.87. The van der Waals surface area contributed by atoms with E-state index in [1.807, 2.05) is 0 Å². The van der Waals surface area contributed by atoms with E-state index in [1.165, 1.54) is 0 Å². The fraction of sp³-hybridized carbons (Fsp3) is 0.125. The SMILES string of the molecule is CCOC(=O)C1=c2s/c(=C\c3ccc(Cl)c(Cl)c3)c(=O)n2C(N)=C(C#N)C1c1ccc(Cl)c(Cl)c1. The summed E-state index contributed by atoms with van der Waals surface area (Å²) in [5.74, 6) is -1.67. The minimum atomic E-state index is -0.912. The van der Waals surface area contributed by atoms with Gasteiger partial charge in [-0.2, -0.15) is 5.26 Å². The number of rotatable bonds is 4. The van der Waals surface area contributed by atoms with Gasteiger partial charge in [-0.05, 0) is 48.4 Å². The first kappa shape index (κ1) is 25.4. The summed E-state index contributed by atoms with van der Waals surface area (Å²) >= 11 is 25.5. The zero-order valence-corrected chi connectivity index (χ0v) is 21.8. The Kier molecular flexibility index (Phi) is 7.32. The number of esters is 1. The molecule has 3 aromatic rings. The lowest BCUT2D eigenvalue weighted by Crippen LogP contribution is -2.40. The van der Waals surface area contributed by atoms with Gasteiger partial charge in [-0.15, -0.1) is 11.3 Å². The number of aromatic nitrogens is 1. The molecule has 1 unspecified atom stereocenters. The number of hydrogen-bond donors (Lipinski definition) is 1. The molecule has 35 heavy (non-hydrogen) atoms. The Morgan fingerprint density at radius 2 is 1.80 bits per heavy atom. The zero-order valence-electron chi connectivity index (χ0n) is 17.9. The second-order valence-electron chi connectivity index (χ2n) is 7.38. The maximum Gasteiger partial charge on any atom is 0.338 e. The molecule has 2 heterocycles. The monoisotopic (exact) mass is 565 g/mol. The number of halogens is 4. The molecule has 1 atom stereocenters. The standard InChI is InChI=1S/C24H15Cl4N3O3S/c1-2-34-24(33)20-19(12-4-6-15(26)17(28)9-12)13(10-29)21(30)31-22(32)18(35-23(20)31)8-11-3-5-14(25)16(27)7-11/h3-9,19H,2,30H2,1H3/b18-8-. The van der Waals surface area contributed by atoms with Crippen LogP contribution in [0.5, 0.6) is 0 Å². The van der Waals surface area contributed by atoms with Crippen LogP contribution in [0.15, 0.2) is 46.8 Å². The van der Waals surface area contributed by atoms with Crippen molar-refractivity contribution in [2.45, 2.75) is 12.8 Å². The molecule has 0 amide bonds. The van der Waals surface area contributed by atoms with E-state index in [4.69, 9.17) is 56.9 Å². The van der Waals surface area contributed by atoms with Crippen molar-refractivity contribution >= 4 is 81.2 Å². The molecule has 2 aromatic carbocycles. The Morgan fingerprint density at radius 1 is 1.14 bits per heavy atom. The molecule has 1 aliphatic heterocycles. The first-order chi connectivity index (χ1) is 16.7. The van der Waals surface area contributed by atoms with Crippen molar-refractivity contribution in [3.05, 3.63) is 92.7 Å². The highest BCUT2D eigenvalue weighted by molar-refractivity contribution is 7.07. The van der Waals surface area contributed by atoms with E-state index in [-0.39, 0.29) is 37.8 Å². The lowest BCUT2D eigenvalue weighted by atomic mass is 9.84. The van der Waals surface area contributed by atoms with E-state index in [9.17, 15) is 14.9 Å². The van der Waals surface area contributed by atoms with Gasteiger partial charge >= 0.3 is 5.97 Å². The van der Waals surface area contributed by atoms with Crippen molar-refractivity contribution in [1.29, 1.82) is 5.26 Å². The van der Waals surface area contributed by atoms with Gasteiger partial charge in [0.1, 0.15) is 10.5 Å². The van der Waals surface area contributed by atoms with Crippen LogP contribution in [0.1, 0.15) is 24.0 Å². The van der Waals surface area contributed by atoms with Crippen LogP contribution in [0.2, 0.25) is 20.1 Å². The summed E-state index contributed by atoms with van der Waals surface area (Å²) in [7, 11) is 0. The normalized spacial score (nSPS) is 15.7. The number of nitriles is 1. The number of ether oxygens (including phenoxy) is 1. The molecule has 0 saturated heterocycles. The Bertz CT molecular complexity index is 1630. The van der Waals surface area contributed by atoms with Gasteiger partial charge in [0, 0.05) is 0 Å². The van der Waals surface area contributed by atoms with Gasteiger partial charge in [-0.25, -0.2) is 4.79 Å². The highest BCUT2D eigenvalue weighted by Gasteiger charge is 2.36. The van der Waals surface area contributed by atoms with Crippen molar-refractivity contribution in [3.8, 4) is 6.07 Å². The Morgan fingerprint density at radius 3 is 2.40 bits per heavy atom. The largest absolute Gasteiger partial charge is 0.463 e. The molecule has 0 saturated carbocycles. The zero-order chi connectivity index (χ0) is 25.4. The summed E-state index contributed by atoms with van der Waals surface area (Å²) in [5.41, 5.74) is 7.09. The van der Waals surface area contributed by atoms with Gasteiger partial charge in [0.15, 0.2) is 0 Å². The molecular formula is C24H15Cl4N3O3S. The fourth-order valence-corrected chi connectivity index (χ4v) is 5.51. The van der Waals surface area contributed by atoms with E-state index >= 15 is 0 Å². The van der Waals surface area contributed by atoms with Crippen LogP contribution in [-0.4, -0.2) is 17.1 Å². The molecule has 1 aromatic heterocycles. The highest BCUT2D eigenvalue weighted by Crippen LogP contribution is 2.38. The highest BCUT2D eigenvalue weighted by atomic mass is 35.5. The summed E-state index contributed by atoms with van der Waals surface area (Å²) in [5, 5.41) is 11.3. The van der Waals surface area contributed by atoms with Gasteiger partial charge in [0.25, 0.3) is 5.56 Å². The second-order valence-corrected chi connectivity index (χ2v) is 10.0. The third kappa shape index (κ3) is 4.61. The topological polar surface area (TPSA) is 98.1 Å². The van der Waals surface area contributed by atoms with Gasteiger partial charge in [-0.1, -0.05) is 58.5 Å². The van der Waals surface area contributed by atoms with E-state index < -0.39 is 17.4 Å². The number of nitrogens with zero attached hydrogens (tertiary/aromatic N) is 2. The molecule has 6 nitrogen and oxygen atoms in total. The van der Waals surface area contributed by atoms with Crippen LogP contribution >= 0.6 is 57.7 Å². The average molecular weight is 567 g/mol. The summed E-state index contributed by atoms with van der Waals surface area (Å²) < 4.78 is 7.00. The molecule has 0 bridgehead atoms. The van der Waals surface area contributed by atoms with E-state index in [1.54, 1.807) is 49.4 Å². The number of fused-ring (bicyclic) bond motifs is 1. The summed E-state index contributed by atoms with van der Waals surface area (Å²) in [6, 6.07) is 11.7. The van der Waals surface area contributed by atoms with Gasteiger partial charge in [-0.3, -0.25) is 9.36 Å². The number of nitrogens with two attached hydrogens (primary N) is 1. The third-order valence-electron chi connectivity index (χ3n) is 5.28. The van der Waals surface area contributed by atoms with Crippen LogP contribution in [0.4, 0.5) is 0 Å².